The molecule has 0 fully saturated rings. The number of nitrogens with zero attached hydrogens (tertiary/aromatic N) is 1. The van der Waals surface area contributed by atoms with Crippen LogP contribution in [-0.4, -0.2) is 23.5 Å². The lowest BCUT2D eigenvalue weighted by Crippen LogP contribution is -2.18. The third kappa shape index (κ3) is 5.61. The number of aromatic amines is 1. The van der Waals surface area contributed by atoms with E-state index in [9.17, 15) is 18.0 Å². The molecule has 0 saturated heterocycles. The highest BCUT2D eigenvalue weighted by Gasteiger charge is 2.29. The molecule has 0 aliphatic rings. The smallest absolute Gasteiger partial charge is 0.361 e. The first-order valence-electron chi connectivity index (χ1n) is 9.89. The Morgan fingerprint density at radius 3 is 2.22 bits per heavy atom. The Kier molecular flexibility index (Phi) is 7.12. The third-order valence-electron chi connectivity index (χ3n) is 4.99. The predicted molar refractivity (Wildman–Crippen MR) is 122 cm³/mol. The van der Waals surface area contributed by atoms with Gasteiger partial charge in [-0.1, -0.05) is 47.7 Å². The van der Waals surface area contributed by atoms with E-state index in [0.29, 0.717) is 24.3 Å². The summed E-state index contributed by atoms with van der Waals surface area (Å²) in [6, 6.07) is 12.5. The number of nitrogens with one attached hydrogen (secondary N) is 1. The van der Waals surface area contributed by atoms with Crippen molar-refractivity contribution in [1.29, 1.82) is 0 Å². The van der Waals surface area contributed by atoms with Crippen LogP contribution in [0.15, 0.2) is 53.3 Å². The second-order valence-corrected chi connectivity index (χ2v) is 8.02. The summed E-state index contributed by atoms with van der Waals surface area (Å²) in [4.78, 5) is 17.6. The molecule has 7 heteroatoms. The van der Waals surface area contributed by atoms with E-state index in [4.69, 9.17) is 11.6 Å². The molecule has 1 heterocycles. The minimum atomic E-state index is -4.33. The SMILES string of the molecule is Cc1[nH]c(C)c(-c2ccc(C#CCN(C)Cc3ccc(C(F)(F)F)cc3)cc2)c(=O)c1Cl. The van der Waals surface area contributed by atoms with Crippen molar-refractivity contribution in [1.82, 2.24) is 9.88 Å². The van der Waals surface area contributed by atoms with Gasteiger partial charge in [0.2, 0.25) is 5.43 Å². The number of hydrogen-bond acceptors (Lipinski definition) is 2. The van der Waals surface area contributed by atoms with E-state index in [1.165, 1.54) is 12.1 Å². The molecule has 3 rings (SSSR count). The highest BCUT2D eigenvalue weighted by atomic mass is 35.5. The predicted octanol–water partition coefficient (Wildman–Crippen LogP) is 5.81. The molecule has 0 atom stereocenters. The zero-order valence-electron chi connectivity index (χ0n) is 17.9. The molecule has 166 valence electrons. The van der Waals surface area contributed by atoms with E-state index in [0.717, 1.165) is 34.5 Å². The number of rotatable bonds is 4. The van der Waals surface area contributed by atoms with Gasteiger partial charge in [-0.3, -0.25) is 9.69 Å². The van der Waals surface area contributed by atoms with Crippen molar-refractivity contribution in [3.8, 4) is 23.0 Å². The number of alkyl halides is 3. The first kappa shape index (κ1) is 23.6. The second kappa shape index (κ2) is 9.64. The Morgan fingerprint density at radius 2 is 1.62 bits per heavy atom. The van der Waals surface area contributed by atoms with Crippen LogP contribution in [-0.2, 0) is 12.7 Å². The Balaban J connectivity index is 1.64. The van der Waals surface area contributed by atoms with Crippen molar-refractivity contribution in [2.75, 3.05) is 13.6 Å². The van der Waals surface area contributed by atoms with E-state index in [2.05, 4.69) is 16.8 Å². The van der Waals surface area contributed by atoms with Crippen LogP contribution in [0.1, 0.15) is 28.1 Å². The van der Waals surface area contributed by atoms with Crippen LogP contribution < -0.4 is 5.43 Å². The molecule has 0 radical (unpaired) electrons. The summed E-state index contributed by atoms with van der Waals surface area (Å²) in [5.41, 5.74) is 3.41. The molecule has 3 nitrogen and oxygen atoms in total. The molecule has 1 N–H and O–H groups in total. The Morgan fingerprint density at radius 1 is 1.00 bits per heavy atom. The minimum Gasteiger partial charge on any atom is -0.361 e. The van der Waals surface area contributed by atoms with Crippen LogP contribution in [0, 0.1) is 25.7 Å². The number of benzene rings is 2. The zero-order chi connectivity index (χ0) is 23.5. The molecule has 0 aliphatic heterocycles. The molecule has 0 unspecified atom stereocenters. The Labute approximate surface area is 189 Å². The fraction of sp³-hybridized carbons (Fsp3) is 0.240. The summed E-state index contributed by atoms with van der Waals surface area (Å²) in [6.07, 6.45) is -4.33. The second-order valence-electron chi connectivity index (χ2n) is 7.64. The van der Waals surface area contributed by atoms with E-state index < -0.39 is 11.7 Å². The molecule has 0 spiro atoms. The van der Waals surface area contributed by atoms with Gasteiger partial charge in [-0.25, -0.2) is 0 Å². The highest BCUT2D eigenvalue weighted by molar-refractivity contribution is 6.31. The van der Waals surface area contributed by atoms with Crippen LogP contribution in [0.5, 0.6) is 0 Å². The Bertz CT molecular complexity index is 1220. The first-order chi connectivity index (χ1) is 15.1. The van der Waals surface area contributed by atoms with Gasteiger partial charge in [-0.05, 0) is 56.3 Å². The van der Waals surface area contributed by atoms with E-state index in [-0.39, 0.29) is 10.5 Å². The van der Waals surface area contributed by atoms with Crippen LogP contribution in [0.25, 0.3) is 11.1 Å². The summed E-state index contributed by atoms with van der Waals surface area (Å²) in [5, 5.41) is 0.186. The summed E-state index contributed by atoms with van der Waals surface area (Å²) >= 11 is 6.10. The number of hydrogen-bond donors (Lipinski definition) is 1. The van der Waals surface area contributed by atoms with Crippen molar-refractivity contribution in [2.45, 2.75) is 26.6 Å². The van der Waals surface area contributed by atoms with Gasteiger partial charge in [0.05, 0.1) is 12.1 Å². The van der Waals surface area contributed by atoms with Crippen LogP contribution >= 0.6 is 11.6 Å². The molecule has 0 amide bonds. The summed E-state index contributed by atoms with van der Waals surface area (Å²) in [7, 11) is 1.85. The fourth-order valence-electron chi connectivity index (χ4n) is 3.36. The Hall–Kier alpha value is -3.01. The topological polar surface area (TPSA) is 36.1 Å². The minimum absolute atomic E-state index is 0.186. The van der Waals surface area contributed by atoms with Gasteiger partial charge in [-0.15, -0.1) is 0 Å². The van der Waals surface area contributed by atoms with E-state index in [1.54, 1.807) is 6.92 Å². The number of aryl methyl sites for hydroxylation is 2. The number of pyridine rings is 1. The lowest BCUT2D eigenvalue weighted by atomic mass is 10.0. The fourth-order valence-corrected chi connectivity index (χ4v) is 3.50. The van der Waals surface area contributed by atoms with Crippen LogP contribution in [0.2, 0.25) is 5.02 Å². The third-order valence-corrected chi connectivity index (χ3v) is 5.45. The number of halogens is 4. The maximum atomic E-state index is 12.7. The summed E-state index contributed by atoms with van der Waals surface area (Å²) in [6.45, 7) is 4.53. The normalized spacial score (nSPS) is 11.4. The zero-order valence-corrected chi connectivity index (χ0v) is 18.7. The number of H-pyrrole nitrogens is 1. The van der Waals surface area contributed by atoms with Gasteiger partial charge >= 0.3 is 6.18 Å². The monoisotopic (exact) mass is 458 g/mol. The molecule has 0 aliphatic carbocycles. The molecule has 1 aromatic heterocycles. The standard InChI is InChI=1S/C25H22ClF3N2O/c1-16-22(24(32)23(26)17(2)30-16)20-10-6-18(7-11-20)5-4-14-31(3)15-19-8-12-21(13-9-19)25(27,28)29/h6-13H,14-15H2,1-3H3,(H,30,32). The summed E-state index contributed by atoms with van der Waals surface area (Å²) in [5.74, 6) is 6.13. The van der Waals surface area contributed by atoms with E-state index >= 15 is 0 Å². The van der Waals surface area contributed by atoms with Gasteiger partial charge < -0.3 is 4.98 Å². The van der Waals surface area contributed by atoms with Gasteiger partial charge in [0, 0.05) is 29.1 Å². The average molecular weight is 459 g/mol. The molecule has 2 aromatic carbocycles. The largest absolute Gasteiger partial charge is 0.416 e. The average Bonchev–Trinajstić information content (AvgIpc) is 2.73. The maximum Gasteiger partial charge on any atom is 0.416 e. The molecule has 3 aromatic rings. The lowest BCUT2D eigenvalue weighted by Gasteiger charge is -2.14. The van der Waals surface area contributed by atoms with Crippen molar-refractivity contribution in [3.05, 3.63) is 91.9 Å². The molecular formula is C25H22ClF3N2O. The van der Waals surface area contributed by atoms with Gasteiger partial charge in [0.25, 0.3) is 0 Å². The van der Waals surface area contributed by atoms with Crippen molar-refractivity contribution < 1.29 is 13.2 Å². The van der Waals surface area contributed by atoms with Crippen LogP contribution in [0.3, 0.4) is 0 Å². The van der Waals surface area contributed by atoms with Crippen molar-refractivity contribution >= 4 is 11.6 Å². The highest BCUT2D eigenvalue weighted by Crippen LogP contribution is 2.29. The van der Waals surface area contributed by atoms with Gasteiger partial charge in [0.1, 0.15) is 5.02 Å². The lowest BCUT2D eigenvalue weighted by molar-refractivity contribution is -0.137. The van der Waals surface area contributed by atoms with E-state index in [1.807, 2.05) is 43.1 Å². The van der Waals surface area contributed by atoms with Crippen LogP contribution in [0.4, 0.5) is 13.2 Å². The number of aromatic nitrogens is 1. The first-order valence-corrected chi connectivity index (χ1v) is 10.3. The molecule has 32 heavy (non-hydrogen) atoms. The molecular weight excluding hydrogens is 437 g/mol. The quantitative estimate of drug-likeness (QED) is 0.500. The molecule has 0 saturated carbocycles. The summed E-state index contributed by atoms with van der Waals surface area (Å²) < 4.78 is 38.0. The van der Waals surface area contributed by atoms with Gasteiger partial charge in [-0.2, -0.15) is 13.2 Å². The molecule has 0 bridgehead atoms. The van der Waals surface area contributed by atoms with Gasteiger partial charge in [0.15, 0.2) is 0 Å². The van der Waals surface area contributed by atoms with Crippen molar-refractivity contribution in [2.24, 2.45) is 0 Å². The maximum absolute atomic E-state index is 12.7. The van der Waals surface area contributed by atoms with Crippen molar-refractivity contribution in [3.63, 3.8) is 0 Å².